The molecule has 1 aliphatic rings. The molecule has 5 heteroatoms. The molecule has 2 aromatic heterocycles. The summed E-state index contributed by atoms with van der Waals surface area (Å²) < 4.78 is 2.09. The number of pyridine rings is 1. The van der Waals surface area contributed by atoms with Gasteiger partial charge in [-0.2, -0.15) is 0 Å². The van der Waals surface area contributed by atoms with Gasteiger partial charge in [0.05, 0.1) is 0 Å². The van der Waals surface area contributed by atoms with Gasteiger partial charge in [-0.3, -0.25) is 0 Å². The van der Waals surface area contributed by atoms with Gasteiger partial charge in [-0.25, -0.2) is 9.97 Å². The van der Waals surface area contributed by atoms with Crippen LogP contribution < -0.4 is 10.2 Å². The Morgan fingerprint density at radius 2 is 2.05 bits per heavy atom. The molecule has 0 atom stereocenters. The first-order valence-electron chi connectivity index (χ1n) is 7.68. The third-order valence-corrected chi connectivity index (χ3v) is 4.17. The van der Waals surface area contributed by atoms with Gasteiger partial charge in [-0.1, -0.05) is 6.07 Å². The molecular weight excluding hydrogens is 262 g/mol. The van der Waals surface area contributed by atoms with Gasteiger partial charge < -0.3 is 14.8 Å². The van der Waals surface area contributed by atoms with E-state index < -0.39 is 0 Å². The van der Waals surface area contributed by atoms with E-state index in [2.05, 4.69) is 36.9 Å². The number of nitrogens with one attached hydrogen (secondary N) is 1. The fraction of sp³-hybridized carbons (Fsp3) is 0.500. The third kappa shape index (κ3) is 3.61. The molecule has 1 N–H and O–H groups in total. The van der Waals surface area contributed by atoms with Gasteiger partial charge in [0.1, 0.15) is 11.6 Å². The van der Waals surface area contributed by atoms with Crippen molar-refractivity contribution >= 4 is 5.82 Å². The van der Waals surface area contributed by atoms with Crippen LogP contribution in [0.1, 0.15) is 18.7 Å². The zero-order valence-corrected chi connectivity index (χ0v) is 12.6. The largest absolute Gasteiger partial charge is 0.357 e. The van der Waals surface area contributed by atoms with Crippen molar-refractivity contribution in [3.05, 3.63) is 42.6 Å². The van der Waals surface area contributed by atoms with Crippen LogP contribution >= 0.6 is 0 Å². The lowest BCUT2D eigenvalue weighted by molar-refractivity contribution is 0.414. The van der Waals surface area contributed by atoms with Crippen molar-refractivity contribution in [3.63, 3.8) is 0 Å². The Balaban J connectivity index is 1.41. The number of aryl methyl sites for hydroxylation is 1. The predicted molar refractivity (Wildman–Crippen MR) is 84.4 cm³/mol. The fourth-order valence-electron chi connectivity index (χ4n) is 2.88. The van der Waals surface area contributed by atoms with Crippen LogP contribution in [-0.4, -0.2) is 40.2 Å². The summed E-state index contributed by atoms with van der Waals surface area (Å²) in [5.74, 6) is 2.25. The lowest BCUT2D eigenvalue weighted by atomic mass is 10.0. The Morgan fingerprint density at radius 1 is 1.19 bits per heavy atom. The minimum Gasteiger partial charge on any atom is -0.357 e. The van der Waals surface area contributed by atoms with Crippen LogP contribution in [-0.2, 0) is 13.5 Å². The molecule has 0 bridgehead atoms. The quantitative estimate of drug-likeness (QED) is 0.907. The first-order chi connectivity index (χ1) is 10.3. The van der Waals surface area contributed by atoms with Crippen molar-refractivity contribution in [2.45, 2.75) is 25.3 Å². The SMILES string of the molecule is Cn1ccnc1CCNC1CCN(c2ccccn2)CC1. The highest BCUT2D eigenvalue weighted by atomic mass is 15.2. The van der Waals surface area contributed by atoms with Crippen molar-refractivity contribution in [1.29, 1.82) is 0 Å². The number of rotatable bonds is 5. The normalized spacial score (nSPS) is 16.3. The van der Waals surface area contributed by atoms with Gasteiger partial charge in [0.25, 0.3) is 0 Å². The van der Waals surface area contributed by atoms with Gasteiger partial charge in [0, 0.05) is 57.7 Å². The number of aromatic nitrogens is 3. The lowest BCUT2D eigenvalue weighted by Crippen LogP contribution is -2.43. The number of imidazole rings is 1. The average molecular weight is 285 g/mol. The fourth-order valence-corrected chi connectivity index (χ4v) is 2.88. The Hall–Kier alpha value is -1.88. The smallest absolute Gasteiger partial charge is 0.128 e. The van der Waals surface area contributed by atoms with Crippen LogP contribution in [0.3, 0.4) is 0 Å². The first kappa shape index (κ1) is 14.1. The molecule has 2 aromatic rings. The van der Waals surface area contributed by atoms with Gasteiger partial charge in [-0.15, -0.1) is 0 Å². The third-order valence-electron chi connectivity index (χ3n) is 4.17. The van der Waals surface area contributed by atoms with E-state index in [0.29, 0.717) is 6.04 Å². The molecular formula is C16H23N5. The molecule has 1 fully saturated rings. The molecule has 1 aliphatic heterocycles. The second-order valence-corrected chi connectivity index (χ2v) is 5.61. The Morgan fingerprint density at radius 3 is 2.71 bits per heavy atom. The molecule has 0 amide bonds. The van der Waals surface area contributed by atoms with Crippen molar-refractivity contribution in [2.24, 2.45) is 7.05 Å². The van der Waals surface area contributed by atoms with Gasteiger partial charge in [0.15, 0.2) is 0 Å². The number of piperidine rings is 1. The molecule has 0 radical (unpaired) electrons. The summed E-state index contributed by atoms with van der Waals surface area (Å²) in [7, 11) is 2.05. The van der Waals surface area contributed by atoms with Crippen LogP contribution in [0, 0.1) is 0 Å². The second kappa shape index (κ2) is 6.72. The zero-order chi connectivity index (χ0) is 14.5. The Labute approximate surface area is 126 Å². The van der Waals surface area contributed by atoms with Gasteiger partial charge in [0.2, 0.25) is 0 Å². The minimum absolute atomic E-state index is 0.616. The van der Waals surface area contributed by atoms with E-state index in [0.717, 1.165) is 37.7 Å². The van der Waals surface area contributed by atoms with E-state index in [1.54, 1.807) is 0 Å². The van der Waals surface area contributed by atoms with E-state index >= 15 is 0 Å². The molecule has 0 unspecified atom stereocenters. The molecule has 0 saturated carbocycles. The zero-order valence-electron chi connectivity index (χ0n) is 12.6. The van der Waals surface area contributed by atoms with Crippen molar-refractivity contribution < 1.29 is 0 Å². The standard InChI is InChI=1S/C16H23N5/c1-20-13-10-19-15(20)5-9-17-14-6-11-21(12-7-14)16-4-2-3-8-18-16/h2-4,8,10,13-14,17H,5-7,9,11-12H2,1H3. The monoisotopic (exact) mass is 285 g/mol. The molecule has 112 valence electrons. The highest BCUT2D eigenvalue weighted by Crippen LogP contribution is 2.17. The maximum absolute atomic E-state index is 4.43. The van der Waals surface area contributed by atoms with Gasteiger partial charge >= 0.3 is 0 Å². The molecule has 21 heavy (non-hydrogen) atoms. The number of hydrogen-bond donors (Lipinski definition) is 1. The summed E-state index contributed by atoms with van der Waals surface area (Å²) in [5, 5.41) is 3.66. The number of nitrogens with zero attached hydrogens (tertiary/aromatic N) is 4. The van der Waals surface area contributed by atoms with E-state index in [-0.39, 0.29) is 0 Å². The maximum Gasteiger partial charge on any atom is 0.128 e. The summed E-state index contributed by atoms with van der Waals surface area (Å²) in [5.41, 5.74) is 0. The van der Waals surface area contributed by atoms with Crippen LogP contribution in [0.2, 0.25) is 0 Å². The van der Waals surface area contributed by atoms with E-state index in [9.17, 15) is 0 Å². The highest BCUT2D eigenvalue weighted by molar-refractivity contribution is 5.38. The van der Waals surface area contributed by atoms with Crippen molar-refractivity contribution in [3.8, 4) is 0 Å². The Bertz CT molecular complexity index is 543. The summed E-state index contributed by atoms with van der Waals surface area (Å²) >= 11 is 0. The van der Waals surface area contributed by atoms with Crippen molar-refractivity contribution in [1.82, 2.24) is 19.9 Å². The van der Waals surface area contributed by atoms with E-state index in [1.807, 2.05) is 31.7 Å². The molecule has 0 aliphatic carbocycles. The van der Waals surface area contributed by atoms with E-state index in [4.69, 9.17) is 0 Å². The lowest BCUT2D eigenvalue weighted by Gasteiger charge is -2.33. The topological polar surface area (TPSA) is 46.0 Å². The summed E-state index contributed by atoms with van der Waals surface area (Å²) in [6, 6.07) is 6.73. The molecule has 5 nitrogen and oxygen atoms in total. The second-order valence-electron chi connectivity index (χ2n) is 5.61. The van der Waals surface area contributed by atoms with Crippen LogP contribution in [0.4, 0.5) is 5.82 Å². The van der Waals surface area contributed by atoms with Gasteiger partial charge in [-0.05, 0) is 25.0 Å². The van der Waals surface area contributed by atoms with Crippen molar-refractivity contribution in [2.75, 3.05) is 24.5 Å². The summed E-state index contributed by atoms with van der Waals surface area (Å²) in [6.07, 6.45) is 9.08. The number of hydrogen-bond acceptors (Lipinski definition) is 4. The van der Waals surface area contributed by atoms with E-state index in [1.165, 1.54) is 12.8 Å². The maximum atomic E-state index is 4.43. The molecule has 0 aromatic carbocycles. The van der Waals surface area contributed by atoms with Crippen LogP contribution in [0.15, 0.2) is 36.8 Å². The molecule has 3 rings (SSSR count). The summed E-state index contributed by atoms with van der Waals surface area (Å²) in [4.78, 5) is 11.2. The van der Waals surface area contributed by atoms with Crippen LogP contribution in [0.5, 0.6) is 0 Å². The Kier molecular flexibility index (Phi) is 4.50. The minimum atomic E-state index is 0.616. The highest BCUT2D eigenvalue weighted by Gasteiger charge is 2.19. The first-order valence-corrected chi connectivity index (χ1v) is 7.68. The molecule has 0 spiro atoms. The predicted octanol–water partition coefficient (Wildman–Crippen LogP) is 1.62. The average Bonchev–Trinajstić information content (AvgIpc) is 2.94. The summed E-state index contributed by atoms with van der Waals surface area (Å²) in [6.45, 7) is 3.16. The van der Waals surface area contributed by atoms with Crippen LogP contribution in [0.25, 0.3) is 0 Å². The molecule has 3 heterocycles. The molecule has 1 saturated heterocycles. The number of anilines is 1.